The van der Waals surface area contributed by atoms with Crippen molar-refractivity contribution < 1.29 is 4.92 Å². The molecule has 0 radical (unpaired) electrons. The number of nitrogens with one attached hydrogen (secondary N) is 1. The molecule has 3 N–H and O–H groups in total. The highest BCUT2D eigenvalue weighted by Crippen LogP contribution is 2.28. The van der Waals surface area contributed by atoms with Gasteiger partial charge in [-0.1, -0.05) is 11.6 Å². The molecule has 0 fully saturated rings. The first-order valence-electron chi connectivity index (χ1n) is 4.37. The van der Waals surface area contributed by atoms with Crippen LogP contribution < -0.4 is 5.84 Å². The number of benzene rings is 1. The molecule has 1 heterocycles. The summed E-state index contributed by atoms with van der Waals surface area (Å²) in [5.41, 5.74) is 0.244. The van der Waals surface area contributed by atoms with Crippen molar-refractivity contribution in [3.8, 4) is 11.4 Å². The van der Waals surface area contributed by atoms with E-state index in [4.69, 9.17) is 29.7 Å². The standard InChI is InChI=1S/C8H6ClN5O2S/c9-5-2-1-4(3-6(5)14(15)16)7-11-12-8(17)13(7)10/h1-3H,10H2,(H,12,17). The Morgan fingerprint density at radius 3 is 2.82 bits per heavy atom. The quantitative estimate of drug-likeness (QED) is 0.376. The van der Waals surface area contributed by atoms with Crippen molar-refractivity contribution in [1.82, 2.24) is 14.9 Å². The molecule has 17 heavy (non-hydrogen) atoms. The summed E-state index contributed by atoms with van der Waals surface area (Å²) in [4.78, 5) is 10.2. The van der Waals surface area contributed by atoms with Crippen LogP contribution in [0.5, 0.6) is 0 Å². The van der Waals surface area contributed by atoms with Crippen molar-refractivity contribution in [2.45, 2.75) is 0 Å². The second kappa shape index (κ2) is 4.15. The molecule has 0 atom stereocenters. The molecule has 7 nitrogen and oxygen atoms in total. The van der Waals surface area contributed by atoms with E-state index in [9.17, 15) is 10.1 Å². The number of nitrogens with zero attached hydrogens (tertiary/aromatic N) is 3. The molecule has 9 heteroatoms. The summed E-state index contributed by atoms with van der Waals surface area (Å²) in [6, 6.07) is 4.27. The zero-order valence-electron chi connectivity index (χ0n) is 8.25. The second-order valence-corrected chi connectivity index (χ2v) is 3.94. The van der Waals surface area contributed by atoms with E-state index in [1.165, 1.54) is 12.1 Å². The maximum atomic E-state index is 10.7. The molecule has 2 aromatic rings. The summed E-state index contributed by atoms with van der Waals surface area (Å²) in [5.74, 6) is 5.92. The number of H-pyrrole nitrogens is 1. The third kappa shape index (κ3) is 1.99. The lowest BCUT2D eigenvalue weighted by Crippen LogP contribution is -2.10. The van der Waals surface area contributed by atoms with Gasteiger partial charge in [-0.25, -0.2) is 9.77 Å². The Morgan fingerprint density at radius 1 is 1.59 bits per heavy atom. The van der Waals surface area contributed by atoms with Gasteiger partial charge in [0.2, 0.25) is 4.77 Å². The molecule has 0 bridgehead atoms. The highest BCUT2D eigenvalue weighted by atomic mass is 35.5. The van der Waals surface area contributed by atoms with Crippen molar-refractivity contribution in [2.24, 2.45) is 0 Å². The summed E-state index contributed by atoms with van der Waals surface area (Å²) in [6.45, 7) is 0. The van der Waals surface area contributed by atoms with Crippen LogP contribution >= 0.6 is 23.8 Å². The first kappa shape index (κ1) is 11.6. The van der Waals surface area contributed by atoms with Gasteiger partial charge in [-0.2, -0.15) is 5.10 Å². The molecule has 2 rings (SSSR count). The fraction of sp³-hybridized carbons (Fsp3) is 0. The minimum absolute atomic E-state index is 0.0523. The number of hydrogen-bond donors (Lipinski definition) is 2. The average molecular weight is 272 g/mol. The molecule has 0 saturated carbocycles. The van der Waals surface area contributed by atoms with E-state index in [2.05, 4.69) is 10.2 Å². The number of aromatic amines is 1. The number of rotatable bonds is 2. The van der Waals surface area contributed by atoms with Gasteiger partial charge in [0.15, 0.2) is 5.82 Å². The monoisotopic (exact) mass is 271 g/mol. The number of nitrogens with two attached hydrogens (primary N) is 1. The maximum absolute atomic E-state index is 10.7. The predicted molar refractivity (Wildman–Crippen MR) is 64.7 cm³/mol. The Balaban J connectivity index is 2.61. The van der Waals surface area contributed by atoms with Gasteiger partial charge in [0.1, 0.15) is 5.02 Å². The zero-order valence-corrected chi connectivity index (χ0v) is 9.83. The van der Waals surface area contributed by atoms with Crippen molar-refractivity contribution in [1.29, 1.82) is 0 Å². The highest BCUT2D eigenvalue weighted by Gasteiger charge is 2.16. The molecule has 0 aliphatic heterocycles. The fourth-order valence-electron chi connectivity index (χ4n) is 1.30. The molecule has 0 spiro atoms. The Labute approximate surface area is 105 Å². The lowest BCUT2D eigenvalue weighted by atomic mass is 10.2. The number of hydrogen-bond acceptors (Lipinski definition) is 5. The first-order valence-corrected chi connectivity index (χ1v) is 5.16. The number of aromatic nitrogens is 3. The fourth-order valence-corrected chi connectivity index (χ4v) is 1.62. The van der Waals surface area contributed by atoms with Crippen molar-refractivity contribution in [2.75, 3.05) is 5.84 Å². The summed E-state index contributed by atoms with van der Waals surface area (Å²) in [7, 11) is 0. The van der Waals surface area contributed by atoms with Gasteiger partial charge in [-0.15, -0.1) is 0 Å². The average Bonchev–Trinajstić information content (AvgIpc) is 2.60. The molecule has 0 aliphatic carbocycles. The molecular formula is C8H6ClN5O2S. The normalized spacial score (nSPS) is 10.4. The van der Waals surface area contributed by atoms with Crippen LogP contribution in [0.25, 0.3) is 11.4 Å². The van der Waals surface area contributed by atoms with E-state index >= 15 is 0 Å². The third-order valence-electron chi connectivity index (χ3n) is 2.11. The van der Waals surface area contributed by atoms with Gasteiger partial charge in [0, 0.05) is 11.6 Å². The molecule has 0 unspecified atom stereocenters. The minimum Gasteiger partial charge on any atom is -0.335 e. The van der Waals surface area contributed by atoms with Gasteiger partial charge in [-0.3, -0.25) is 10.1 Å². The van der Waals surface area contributed by atoms with Gasteiger partial charge >= 0.3 is 0 Å². The minimum atomic E-state index is -0.575. The van der Waals surface area contributed by atoms with E-state index in [1.807, 2.05) is 0 Å². The Morgan fingerprint density at radius 2 is 2.29 bits per heavy atom. The van der Waals surface area contributed by atoms with Crippen molar-refractivity contribution in [3.05, 3.63) is 38.1 Å². The van der Waals surface area contributed by atoms with E-state index < -0.39 is 4.92 Å². The van der Waals surface area contributed by atoms with Gasteiger partial charge in [0.25, 0.3) is 5.69 Å². The van der Waals surface area contributed by atoms with Crippen molar-refractivity contribution >= 4 is 29.5 Å². The van der Waals surface area contributed by atoms with Crippen LogP contribution in [0.15, 0.2) is 18.2 Å². The van der Waals surface area contributed by atoms with Crippen molar-refractivity contribution in [3.63, 3.8) is 0 Å². The first-order chi connectivity index (χ1) is 8.00. The Hall–Kier alpha value is -1.93. The van der Waals surface area contributed by atoms with Gasteiger partial charge in [0.05, 0.1) is 4.92 Å². The molecule has 1 aromatic heterocycles. The molecular weight excluding hydrogens is 266 g/mol. The summed E-state index contributed by atoms with van der Waals surface area (Å²) in [6.07, 6.45) is 0. The number of nitro benzene ring substituents is 1. The summed E-state index contributed by atoms with van der Waals surface area (Å²) >= 11 is 10.5. The van der Waals surface area contributed by atoms with E-state index in [0.717, 1.165) is 4.68 Å². The van der Waals surface area contributed by atoms with E-state index in [0.29, 0.717) is 11.4 Å². The van der Waals surface area contributed by atoms with Crippen LogP contribution in [0.3, 0.4) is 0 Å². The van der Waals surface area contributed by atoms with Gasteiger partial charge in [-0.05, 0) is 24.4 Å². The SMILES string of the molecule is Nn1c(-c2ccc(Cl)c([N+](=O)[O-])c2)n[nH]c1=S. The van der Waals surface area contributed by atoms with Gasteiger partial charge < -0.3 is 5.84 Å². The van der Waals surface area contributed by atoms with Crippen LogP contribution in [0.1, 0.15) is 0 Å². The summed E-state index contributed by atoms with van der Waals surface area (Å²) in [5, 5.41) is 17.1. The molecule has 1 aromatic carbocycles. The number of nitro groups is 1. The Bertz CT molecular complexity index is 650. The van der Waals surface area contributed by atoms with E-state index in [-0.39, 0.29) is 15.5 Å². The molecule has 0 aliphatic rings. The maximum Gasteiger partial charge on any atom is 0.288 e. The predicted octanol–water partition coefficient (Wildman–Crippen LogP) is 1.88. The van der Waals surface area contributed by atoms with Crippen LogP contribution in [-0.4, -0.2) is 19.8 Å². The van der Waals surface area contributed by atoms with Crippen LogP contribution in [0, 0.1) is 14.9 Å². The topological polar surface area (TPSA) is 103 Å². The highest BCUT2D eigenvalue weighted by molar-refractivity contribution is 7.71. The van der Waals surface area contributed by atoms with Crippen LogP contribution in [0.4, 0.5) is 5.69 Å². The van der Waals surface area contributed by atoms with Crippen LogP contribution in [0.2, 0.25) is 5.02 Å². The lowest BCUT2D eigenvalue weighted by molar-refractivity contribution is -0.384. The number of halogens is 1. The second-order valence-electron chi connectivity index (χ2n) is 3.15. The molecule has 88 valence electrons. The molecule has 0 saturated heterocycles. The third-order valence-corrected chi connectivity index (χ3v) is 2.71. The largest absolute Gasteiger partial charge is 0.335 e. The number of nitrogen functional groups attached to an aromatic ring is 1. The zero-order chi connectivity index (χ0) is 12.6. The molecule has 0 amide bonds. The smallest absolute Gasteiger partial charge is 0.288 e. The summed E-state index contributed by atoms with van der Waals surface area (Å²) < 4.78 is 1.35. The van der Waals surface area contributed by atoms with E-state index in [1.54, 1.807) is 6.07 Å². The lowest BCUT2D eigenvalue weighted by Gasteiger charge is -2.01. The van der Waals surface area contributed by atoms with Crippen LogP contribution in [-0.2, 0) is 0 Å². The Kier molecular flexibility index (Phi) is 2.82.